The minimum atomic E-state index is -1.66. The van der Waals surface area contributed by atoms with Gasteiger partial charge in [0.2, 0.25) is 5.91 Å². The Morgan fingerprint density at radius 1 is 0.576 bits per heavy atom. The lowest BCUT2D eigenvalue weighted by molar-refractivity contribution is -0.303. The molecule has 0 spiro atoms. The molecule has 0 aromatic heterocycles. The molecule has 0 bridgehead atoms. The molecule has 9 unspecified atom stereocenters. The van der Waals surface area contributed by atoms with Crippen molar-refractivity contribution >= 4 is 5.91 Å². The summed E-state index contributed by atoms with van der Waals surface area (Å²) in [5.41, 5.74) is 0. The van der Waals surface area contributed by atoms with E-state index >= 15 is 0 Å². The van der Waals surface area contributed by atoms with E-state index in [-0.39, 0.29) is 12.8 Å². The van der Waals surface area contributed by atoms with Gasteiger partial charge in [-0.2, -0.15) is 0 Å². The van der Waals surface area contributed by atoms with Crippen molar-refractivity contribution in [2.75, 3.05) is 13.2 Å². The molecule has 0 radical (unpaired) electrons. The summed E-state index contributed by atoms with van der Waals surface area (Å²) in [5.74, 6) is -0.708. The first-order chi connectivity index (χ1) is 28.7. The van der Waals surface area contributed by atoms with E-state index in [0.29, 0.717) is 12.8 Å². The normalized spacial score (nSPS) is 21.8. The number of aliphatic hydroxyl groups is 7. The number of carbonyl (C=O) groups is 1. The summed E-state index contributed by atoms with van der Waals surface area (Å²) in [6.07, 6.45) is 30.6. The second kappa shape index (κ2) is 38.5. The maximum atomic E-state index is 13.0. The lowest BCUT2D eigenvalue weighted by atomic mass is 9.98. The zero-order chi connectivity index (χ0) is 43.4. The van der Waals surface area contributed by atoms with Crippen LogP contribution in [0.2, 0.25) is 0 Å². The van der Waals surface area contributed by atoms with E-state index in [4.69, 9.17) is 9.47 Å². The van der Waals surface area contributed by atoms with E-state index in [0.717, 1.165) is 38.5 Å². The minimum absolute atomic E-state index is 0.256. The van der Waals surface area contributed by atoms with Gasteiger partial charge in [-0.1, -0.05) is 199 Å². The van der Waals surface area contributed by atoms with Gasteiger partial charge in [0, 0.05) is 0 Å². The second-order valence-corrected chi connectivity index (χ2v) is 17.5. The van der Waals surface area contributed by atoms with Gasteiger partial charge in [-0.3, -0.25) is 4.79 Å². The molecular weight excluding hydrogens is 751 g/mol. The fraction of sp³-hybridized carbons (Fsp3) is 0.938. The van der Waals surface area contributed by atoms with Crippen LogP contribution in [0.5, 0.6) is 0 Å². The van der Waals surface area contributed by atoms with Crippen LogP contribution in [0.3, 0.4) is 0 Å². The van der Waals surface area contributed by atoms with Crippen molar-refractivity contribution in [1.29, 1.82) is 0 Å². The van der Waals surface area contributed by atoms with Crippen LogP contribution in [0.4, 0.5) is 0 Å². The largest absolute Gasteiger partial charge is 0.394 e. The molecular formula is C48H93NO10. The molecule has 11 nitrogen and oxygen atoms in total. The SMILES string of the molecule is CCC/C=C/CCCC(O)C(O)C(COC1OC(CO)C(O)C(O)C1O)NC(=O)C(O)CCCCCCCCCCCCCCCCCCCCCCCCCCCC. The Labute approximate surface area is 360 Å². The van der Waals surface area contributed by atoms with Gasteiger partial charge in [-0.25, -0.2) is 0 Å². The van der Waals surface area contributed by atoms with Crippen LogP contribution in [-0.2, 0) is 14.3 Å². The van der Waals surface area contributed by atoms with Crippen molar-refractivity contribution in [3.05, 3.63) is 12.2 Å². The molecule has 11 heteroatoms. The van der Waals surface area contributed by atoms with E-state index in [2.05, 4.69) is 25.2 Å². The van der Waals surface area contributed by atoms with E-state index in [1.807, 2.05) is 6.08 Å². The average Bonchev–Trinajstić information content (AvgIpc) is 3.23. The molecule has 0 aliphatic carbocycles. The van der Waals surface area contributed by atoms with Gasteiger partial charge in [0.1, 0.15) is 36.6 Å². The van der Waals surface area contributed by atoms with Crippen molar-refractivity contribution in [1.82, 2.24) is 5.32 Å². The number of ether oxygens (including phenoxy) is 2. The number of carbonyl (C=O) groups excluding carboxylic acids is 1. The minimum Gasteiger partial charge on any atom is -0.394 e. The van der Waals surface area contributed by atoms with E-state index in [1.165, 1.54) is 141 Å². The molecule has 9 atom stereocenters. The lowest BCUT2D eigenvalue weighted by Crippen LogP contribution is -2.60. The van der Waals surface area contributed by atoms with Crippen LogP contribution in [-0.4, -0.2) is 110 Å². The number of aliphatic hydroxyl groups excluding tert-OH is 7. The molecule has 1 rings (SSSR count). The first-order valence-electron chi connectivity index (χ1n) is 24.6. The molecule has 350 valence electrons. The summed E-state index contributed by atoms with van der Waals surface area (Å²) in [6, 6.07) is -1.18. The Balaban J connectivity index is 2.20. The second-order valence-electron chi connectivity index (χ2n) is 17.5. The van der Waals surface area contributed by atoms with Crippen molar-refractivity contribution in [2.24, 2.45) is 0 Å². The average molecular weight is 844 g/mol. The number of rotatable bonds is 41. The fourth-order valence-corrected chi connectivity index (χ4v) is 7.98. The number of hydrogen-bond acceptors (Lipinski definition) is 10. The lowest BCUT2D eigenvalue weighted by Gasteiger charge is -2.40. The summed E-state index contributed by atoms with van der Waals surface area (Å²) in [7, 11) is 0. The number of amides is 1. The Hall–Kier alpha value is -1.15. The molecule has 0 saturated carbocycles. The summed E-state index contributed by atoms with van der Waals surface area (Å²) < 4.78 is 11.0. The predicted molar refractivity (Wildman–Crippen MR) is 238 cm³/mol. The maximum Gasteiger partial charge on any atom is 0.249 e. The van der Waals surface area contributed by atoms with Crippen LogP contribution >= 0.6 is 0 Å². The van der Waals surface area contributed by atoms with Crippen molar-refractivity contribution < 1.29 is 50.0 Å². The molecule has 1 heterocycles. The van der Waals surface area contributed by atoms with Gasteiger partial charge < -0.3 is 50.5 Å². The van der Waals surface area contributed by atoms with Crippen LogP contribution < -0.4 is 5.32 Å². The maximum absolute atomic E-state index is 13.0. The molecule has 1 amide bonds. The van der Waals surface area contributed by atoms with Gasteiger partial charge in [-0.15, -0.1) is 0 Å². The number of allylic oxidation sites excluding steroid dienone is 2. The van der Waals surface area contributed by atoms with Gasteiger partial charge >= 0.3 is 0 Å². The first kappa shape index (κ1) is 55.9. The number of hydrogen-bond donors (Lipinski definition) is 8. The van der Waals surface area contributed by atoms with Crippen LogP contribution in [0, 0.1) is 0 Å². The van der Waals surface area contributed by atoms with Gasteiger partial charge in [-0.05, 0) is 32.1 Å². The quantitative estimate of drug-likeness (QED) is 0.0219. The van der Waals surface area contributed by atoms with Gasteiger partial charge in [0.05, 0.1) is 25.4 Å². The monoisotopic (exact) mass is 844 g/mol. The molecule has 8 N–H and O–H groups in total. The first-order valence-corrected chi connectivity index (χ1v) is 24.6. The van der Waals surface area contributed by atoms with Crippen LogP contribution in [0.1, 0.15) is 219 Å². The third-order valence-electron chi connectivity index (χ3n) is 12.0. The zero-order valence-electron chi connectivity index (χ0n) is 37.7. The molecule has 1 saturated heterocycles. The Bertz CT molecular complexity index is 970. The molecule has 1 fully saturated rings. The van der Waals surface area contributed by atoms with Crippen LogP contribution in [0.15, 0.2) is 12.2 Å². The van der Waals surface area contributed by atoms with Crippen LogP contribution in [0.25, 0.3) is 0 Å². The zero-order valence-corrected chi connectivity index (χ0v) is 37.7. The highest BCUT2D eigenvalue weighted by atomic mass is 16.7. The highest BCUT2D eigenvalue weighted by Crippen LogP contribution is 2.23. The Morgan fingerprint density at radius 3 is 1.46 bits per heavy atom. The number of nitrogens with one attached hydrogen (secondary N) is 1. The molecule has 1 aliphatic heterocycles. The van der Waals surface area contributed by atoms with E-state index in [9.17, 15) is 40.5 Å². The molecule has 0 aromatic carbocycles. The van der Waals surface area contributed by atoms with Gasteiger partial charge in [0.25, 0.3) is 0 Å². The third kappa shape index (κ3) is 28.2. The fourth-order valence-electron chi connectivity index (χ4n) is 7.98. The Morgan fingerprint density at radius 2 is 1.02 bits per heavy atom. The highest BCUT2D eigenvalue weighted by molar-refractivity contribution is 5.80. The highest BCUT2D eigenvalue weighted by Gasteiger charge is 2.44. The predicted octanol–water partition coefficient (Wildman–Crippen LogP) is 8.45. The summed E-state index contributed by atoms with van der Waals surface area (Å²) in [5, 5.41) is 75.2. The van der Waals surface area contributed by atoms with E-state index < -0.39 is 74.2 Å². The Kier molecular flexibility index (Phi) is 36.5. The van der Waals surface area contributed by atoms with Crippen molar-refractivity contribution in [3.8, 4) is 0 Å². The van der Waals surface area contributed by atoms with Gasteiger partial charge in [0.15, 0.2) is 6.29 Å². The van der Waals surface area contributed by atoms with Crippen molar-refractivity contribution in [3.63, 3.8) is 0 Å². The topological polar surface area (TPSA) is 189 Å². The molecule has 1 aliphatic rings. The smallest absolute Gasteiger partial charge is 0.249 e. The number of unbranched alkanes of at least 4 members (excludes halogenated alkanes) is 27. The standard InChI is InChI=1S/C48H93NO10/c1-3-5-7-9-11-12-13-14-15-16-17-18-19-20-21-22-23-24-25-26-27-28-29-30-32-34-36-41(52)47(57)49-39(43(53)40(51)35-33-31-10-8-6-4-2)38-58-48-46(56)45(55)44(54)42(37-50)59-48/h8,10,39-46,48,50-56H,3-7,9,11-38H2,1-2H3,(H,49,57)/b10-8+. The van der Waals surface area contributed by atoms with E-state index in [1.54, 1.807) is 0 Å². The van der Waals surface area contributed by atoms with Crippen molar-refractivity contribution in [2.45, 2.75) is 274 Å². The third-order valence-corrected chi connectivity index (χ3v) is 12.0. The summed E-state index contributed by atoms with van der Waals surface area (Å²) in [4.78, 5) is 13.0. The summed E-state index contributed by atoms with van der Waals surface area (Å²) in [6.45, 7) is 3.30. The summed E-state index contributed by atoms with van der Waals surface area (Å²) >= 11 is 0. The molecule has 59 heavy (non-hydrogen) atoms. The molecule has 0 aromatic rings.